The summed E-state index contributed by atoms with van der Waals surface area (Å²) in [6.07, 6.45) is 4.84. The Hall–Kier alpha value is -2.80. The van der Waals surface area contributed by atoms with Crippen LogP contribution in [0.2, 0.25) is 0 Å². The van der Waals surface area contributed by atoms with E-state index in [-0.39, 0.29) is 11.9 Å². The highest BCUT2D eigenvalue weighted by Crippen LogP contribution is 2.12. The van der Waals surface area contributed by atoms with Crippen molar-refractivity contribution < 1.29 is 4.79 Å². The van der Waals surface area contributed by atoms with Gasteiger partial charge in [-0.15, -0.1) is 5.10 Å². The van der Waals surface area contributed by atoms with Crippen LogP contribution in [-0.2, 0) is 4.79 Å². The summed E-state index contributed by atoms with van der Waals surface area (Å²) >= 11 is 1.58. The van der Waals surface area contributed by atoms with Crippen molar-refractivity contribution in [2.75, 3.05) is 5.32 Å². The molecule has 3 aromatic rings. The molecular weight excluding hydrogens is 286 g/mol. The number of rotatable bonds is 4. The molecule has 0 bridgehead atoms. The third-order valence-corrected chi connectivity index (χ3v) is 3.30. The van der Waals surface area contributed by atoms with E-state index in [0.717, 1.165) is 5.56 Å². The van der Waals surface area contributed by atoms with Crippen LogP contribution in [0.25, 0.3) is 17.6 Å². The fourth-order valence-electron chi connectivity index (χ4n) is 1.63. The van der Waals surface area contributed by atoms with E-state index in [9.17, 15) is 4.79 Å². The molecule has 0 saturated carbocycles. The van der Waals surface area contributed by atoms with Crippen molar-refractivity contribution in [1.29, 1.82) is 0 Å². The lowest BCUT2D eigenvalue weighted by molar-refractivity contribution is -0.111. The van der Waals surface area contributed by atoms with E-state index in [4.69, 9.17) is 0 Å². The molecule has 0 aliphatic carbocycles. The maximum absolute atomic E-state index is 11.7. The lowest BCUT2D eigenvalue weighted by atomic mass is 10.3. The normalized spacial score (nSPS) is 10.9. The van der Waals surface area contributed by atoms with E-state index in [2.05, 4.69) is 25.5 Å². The smallest absolute Gasteiger partial charge is 0.250 e. The number of thiophene rings is 1. The number of carbonyl (C=O) groups excluding carboxylic acids is 1. The Labute approximate surface area is 124 Å². The van der Waals surface area contributed by atoms with Gasteiger partial charge >= 0.3 is 0 Å². The molecule has 7 heteroatoms. The van der Waals surface area contributed by atoms with Crippen molar-refractivity contribution >= 4 is 29.3 Å². The van der Waals surface area contributed by atoms with E-state index in [0.29, 0.717) is 11.5 Å². The molecule has 0 radical (unpaired) electrons. The van der Waals surface area contributed by atoms with Crippen LogP contribution in [-0.4, -0.2) is 26.1 Å². The van der Waals surface area contributed by atoms with Crippen molar-refractivity contribution in [3.63, 3.8) is 0 Å². The van der Waals surface area contributed by atoms with Crippen molar-refractivity contribution in [2.45, 2.75) is 0 Å². The van der Waals surface area contributed by atoms with Gasteiger partial charge in [0.1, 0.15) is 5.69 Å². The molecule has 3 rings (SSSR count). The number of hydrogen-bond acceptors (Lipinski definition) is 5. The molecule has 0 aliphatic rings. The van der Waals surface area contributed by atoms with E-state index in [1.54, 1.807) is 23.6 Å². The van der Waals surface area contributed by atoms with Gasteiger partial charge in [-0.25, -0.2) is 0 Å². The van der Waals surface area contributed by atoms with E-state index in [1.807, 2.05) is 35.0 Å². The second-order valence-electron chi connectivity index (χ2n) is 4.10. The summed E-state index contributed by atoms with van der Waals surface area (Å²) in [4.78, 5) is 20.1. The number of aromatic amines is 1. The number of H-pyrrole nitrogens is 1. The number of aromatic nitrogens is 4. The average molecular weight is 297 g/mol. The number of amides is 1. The maximum atomic E-state index is 11.7. The van der Waals surface area contributed by atoms with E-state index >= 15 is 0 Å². The van der Waals surface area contributed by atoms with E-state index < -0.39 is 0 Å². The standard InChI is InChI=1S/C14H11N5OS/c20-12(5-4-10-6-8-21-9-10)16-14-17-13(18-19-14)11-3-1-2-7-15-11/h1-9H,(H2,16,17,18,19,20)/b5-4+. The summed E-state index contributed by atoms with van der Waals surface area (Å²) in [6.45, 7) is 0. The Morgan fingerprint density at radius 1 is 1.33 bits per heavy atom. The van der Waals surface area contributed by atoms with Gasteiger partial charge in [0, 0.05) is 12.3 Å². The first-order valence-electron chi connectivity index (χ1n) is 6.16. The molecule has 3 heterocycles. The summed E-state index contributed by atoms with van der Waals surface area (Å²) in [5, 5.41) is 13.2. The number of anilines is 1. The summed E-state index contributed by atoms with van der Waals surface area (Å²) in [5.41, 5.74) is 1.65. The van der Waals surface area contributed by atoms with Crippen molar-refractivity contribution in [3.05, 3.63) is 52.9 Å². The van der Waals surface area contributed by atoms with Crippen LogP contribution in [0.15, 0.2) is 47.3 Å². The second kappa shape index (κ2) is 6.10. The molecule has 0 fully saturated rings. The van der Waals surface area contributed by atoms with Gasteiger partial charge in [-0.05, 0) is 40.6 Å². The number of carbonyl (C=O) groups is 1. The monoisotopic (exact) mass is 297 g/mol. The predicted molar refractivity (Wildman–Crippen MR) is 81.6 cm³/mol. The SMILES string of the molecule is O=C(/C=C/c1ccsc1)Nc1n[nH]c(-c2ccccn2)n1. The van der Waals surface area contributed by atoms with Crippen molar-refractivity contribution in [1.82, 2.24) is 20.2 Å². The molecule has 2 N–H and O–H groups in total. The Balaban J connectivity index is 1.66. The number of nitrogens with one attached hydrogen (secondary N) is 2. The summed E-state index contributed by atoms with van der Waals surface area (Å²) in [7, 11) is 0. The van der Waals surface area contributed by atoms with Crippen LogP contribution in [0.5, 0.6) is 0 Å². The molecule has 21 heavy (non-hydrogen) atoms. The minimum absolute atomic E-state index is 0.218. The first kappa shape index (κ1) is 13.2. The highest BCUT2D eigenvalue weighted by molar-refractivity contribution is 7.08. The fraction of sp³-hybridized carbons (Fsp3) is 0. The van der Waals surface area contributed by atoms with Gasteiger partial charge in [0.2, 0.25) is 5.95 Å². The lowest BCUT2D eigenvalue weighted by Crippen LogP contribution is -2.09. The highest BCUT2D eigenvalue weighted by Gasteiger charge is 2.07. The minimum Gasteiger partial charge on any atom is -0.290 e. The summed E-state index contributed by atoms with van der Waals surface area (Å²) in [5.74, 6) is 0.441. The first-order valence-corrected chi connectivity index (χ1v) is 7.10. The zero-order valence-corrected chi connectivity index (χ0v) is 11.7. The van der Waals surface area contributed by atoms with Gasteiger partial charge in [0.05, 0.1) is 0 Å². The van der Waals surface area contributed by atoms with Crippen LogP contribution in [0, 0.1) is 0 Å². The molecule has 6 nitrogen and oxygen atoms in total. The third-order valence-electron chi connectivity index (χ3n) is 2.60. The summed E-state index contributed by atoms with van der Waals surface area (Å²) in [6, 6.07) is 7.41. The molecule has 0 saturated heterocycles. The molecular formula is C14H11N5OS. The number of pyridine rings is 1. The molecule has 104 valence electrons. The first-order chi connectivity index (χ1) is 10.3. The molecule has 0 aliphatic heterocycles. The van der Waals surface area contributed by atoms with Crippen LogP contribution in [0.3, 0.4) is 0 Å². The molecule has 0 atom stereocenters. The topological polar surface area (TPSA) is 83.6 Å². The average Bonchev–Trinajstić information content (AvgIpc) is 3.17. The Morgan fingerprint density at radius 2 is 2.29 bits per heavy atom. The molecule has 0 unspecified atom stereocenters. The van der Waals surface area contributed by atoms with Crippen LogP contribution in [0.1, 0.15) is 5.56 Å². The van der Waals surface area contributed by atoms with Gasteiger partial charge in [-0.3, -0.25) is 20.2 Å². The zero-order chi connectivity index (χ0) is 14.5. The van der Waals surface area contributed by atoms with Gasteiger partial charge in [0.25, 0.3) is 5.91 Å². The van der Waals surface area contributed by atoms with E-state index in [1.165, 1.54) is 6.08 Å². The van der Waals surface area contributed by atoms with Crippen LogP contribution >= 0.6 is 11.3 Å². The molecule has 0 aromatic carbocycles. The lowest BCUT2D eigenvalue weighted by Gasteiger charge is -1.94. The van der Waals surface area contributed by atoms with Gasteiger partial charge in [-0.1, -0.05) is 6.07 Å². The highest BCUT2D eigenvalue weighted by atomic mass is 32.1. The van der Waals surface area contributed by atoms with Gasteiger partial charge in [0.15, 0.2) is 5.82 Å². The van der Waals surface area contributed by atoms with Gasteiger partial charge < -0.3 is 0 Å². The quantitative estimate of drug-likeness (QED) is 0.725. The minimum atomic E-state index is -0.284. The predicted octanol–water partition coefficient (Wildman–Crippen LogP) is 2.58. The Morgan fingerprint density at radius 3 is 3.05 bits per heavy atom. The van der Waals surface area contributed by atoms with Crippen LogP contribution in [0.4, 0.5) is 5.95 Å². The van der Waals surface area contributed by atoms with Crippen molar-refractivity contribution in [2.24, 2.45) is 0 Å². The molecule has 3 aromatic heterocycles. The Bertz CT molecular complexity index is 749. The molecule has 1 amide bonds. The Kier molecular flexibility index (Phi) is 3.83. The fourth-order valence-corrected chi connectivity index (χ4v) is 2.26. The number of hydrogen-bond donors (Lipinski definition) is 2. The zero-order valence-electron chi connectivity index (χ0n) is 10.9. The largest absolute Gasteiger partial charge is 0.290 e. The van der Waals surface area contributed by atoms with Crippen molar-refractivity contribution in [3.8, 4) is 11.5 Å². The second-order valence-corrected chi connectivity index (χ2v) is 4.88. The number of nitrogens with zero attached hydrogens (tertiary/aromatic N) is 3. The van der Waals surface area contributed by atoms with Crippen LogP contribution < -0.4 is 5.32 Å². The molecule has 0 spiro atoms. The van der Waals surface area contributed by atoms with Gasteiger partial charge in [-0.2, -0.15) is 16.3 Å². The third kappa shape index (κ3) is 3.40. The summed E-state index contributed by atoms with van der Waals surface area (Å²) < 4.78 is 0. The maximum Gasteiger partial charge on any atom is 0.250 e.